The summed E-state index contributed by atoms with van der Waals surface area (Å²) in [6.45, 7) is 0. The number of carbonyl (C=O) groups excluding carboxylic acids is 1. The maximum Gasteiger partial charge on any atom is 0.270 e. The van der Waals surface area contributed by atoms with Crippen molar-refractivity contribution in [2.45, 2.75) is 0 Å². The largest absolute Gasteiger partial charge is 0.364 e. The summed E-state index contributed by atoms with van der Waals surface area (Å²) in [5, 5.41) is 3.22. The zero-order valence-corrected chi connectivity index (χ0v) is 8.21. The fourth-order valence-corrected chi connectivity index (χ4v) is 1.29. The van der Waals surface area contributed by atoms with Gasteiger partial charge in [-0.2, -0.15) is 0 Å². The molecule has 0 unspecified atom stereocenters. The molecule has 0 saturated heterocycles. The molecule has 0 fully saturated rings. The highest BCUT2D eigenvalue weighted by Crippen LogP contribution is 2.27. The Bertz CT molecular complexity index is 572. The molecular weight excluding hydrogens is 237 g/mol. The Morgan fingerprint density at radius 3 is 2.24 bits per heavy atom. The molecule has 1 aromatic carbocycles. The van der Waals surface area contributed by atoms with Gasteiger partial charge in [-0.25, -0.2) is 13.2 Å². The number of hydrogen-bond donors (Lipinski definition) is 1. The van der Waals surface area contributed by atoms with Gasteiger partial charge in [0.25, 0.3) is 5.91 Å². The normalized spacial score (nSPS) is 10.5. The van der Waals surface area contributed by atoms with Crippen LogP contribution >= 0.6 is 0 Å². The number of nitrogens with zero attached hydrogens (tertiary/aromatic N) is 1. The Kier molecular flexibility index (Phi) is 2.58. The summed E-state index contributed by atoms with van der Waals surface area (Å²) >= 11 is 0. The summed E-state index contributed by atoms with van der Waals surface area (Å²) in [5.41, 5.74) is 4.02. The van der Waals surface area contributed by atoms with Crippen LogP contribution in [-0.2, 0) is 0 Å². The topological polar surface area (TPSA) is 69.1 Å². The molecule has 1 aromatic heterocycles. The van der Waals surface area contributed by atoms with E-state index in [4.69, 9.17) is 5.73 Å². The van der Waals surface area contributed by atoms with Crippen LogP contribution in [0.15, 0.2) is 22.7 Å². The van der Waals surface area contributed by atoms with E-state index in [-0.39, 0.29) is 11.5 Å². The first-order valence-electron chi connectivity index (χ1n) is 4.40. The Hall–Kier alpha value is -2.31. The second kappa shape index (κ2) is 3.93. The first-order chi connectivity index (χ1) is 7.99. The van der Waals surface area contributed by atoms with Crippen LogP contribution in [0.2, 0.25) is 0 Å². The van der Waals surface area contributed by atoms with Crippen molar-refractivity contribution in [3.63, 3.8) is 0 Å². The molecule has 1 amide bonds. The lowest BCUT2D eigenvalue weighted by atomic mass is 10.1. The van der Waals surface area contributed by atoms with E-state index in [1.807, 2.05) is 0 Å². The van der Waals surface area contributed by atoms with E-state index < -0.39 is 28.9 Å². The summed E-state index contributed by atoms with van der Waals surface area (Å²) in [6.07, 6.45) is 0. The zero-order chi connectivity index (χ0) is 12.6. The van der Waals surface area contributed by atoms with E-state index in [9.17, 15) is 18.0 Å². The van der Waals surface area contributed by atoms with Gasteiger partial charge < -0.3 is 10.3 Å². The number of primary amides is 1. The van der Waals surface area contributed by atoms with Gasteiger partial charge in [0.15, 0.2) is 11.5 Å². The van der Waals surface area contributed by atoms with Crippen LogP contribution in [0.3, 0.4) is 0 Å². The van der Waals surface area contributed by atoms with Gasteiger partial charge in [0.2, 0.25) is 0 Å². The molecular formula is C10H5F3N2O2. The van der Waals surface area contributed by atoms with Crippen molar-refractivity contribution in [2.24, 2.45) is 5.73 Å². The highest BCUT2D eigenvalue weighted by molar-refractivity contribution is 5.91. The van der Waals surface area contributed by atoms with Crippen molar-refractivity contribution in [1.82, 2.24) is 5.16 Å². The number of amides is 1. The van der Waals surface area contributed by atoms with Crippen LogP contribution in [0.1, 0.15) is 10.5 Å². The second-order valence-corrected chi connectivity index (χ2v) is 3.19. The van der Waals surface area contributed by atoms with Crippen molar-refractivity contribution in [2.75, 3.05) is 0 Å². The minimum atomic E-state index is -1.16. The molecule has 4 nitrogen and oxygen atoms in total. The predicted octanol–water partition coefficient (Wildman–Crippen LogP) is 1.86. The first kappa shape index (κ1) is 11.2. The minimum absolute atomic E-state index is 0.275. The molecule has 0 saturated carbocycles. The number of hydrogen-bond acceptors (Lipinski definition) is 3. The molecule has 2 rings (SSSR count). The fraction of sp³-hybridized carbons (Fsp3) is 0. The van der Waals surface area contributed by atoms with Crippen LogP contribution in [0.5, 0.6) is 0 Å². The van der Waals surface area contributed by atoms with Crippen LogP contribution in [-0.4, -0.2) is 11.1 Å². The van der Waals surface area contributed by atoms with Crippen LogP contribution < -0.4 is 5.73 Å². The monoisotopic (exact) mass is 242 g/mol. The predicted molar refractivity (Wildman–Crippen MR) is 50.3 cm³/mol. The average Bonchev–Trinajstić information content (AvgIpc) is 2.65. The summed E-state index contributed by atoms with van der Waals surface area (Å²) in [5.74, 6) is -4.61. The minimum Gasteiger partial charge on any atom is -0.364 e. The molecule has 0 aliphatic carbocycles. The van der Waals surface area contributed by atoms with Gasteiger partial charge in [0, 0.05) is 18.2 Å². The SMILES string of the molecule is NC(=O)c1cc(-c2c(F)cc(F)cc2F)on1. The van der Waals surface area contributed by atoms with Gasteiger partial charge >= 0.3 is 0 Å². The van der Waals surface area contributed by atoms with Crippen molar-refractivity contribution in [1.29, 1.82) is 0 Å². The Morgan fingerprint density at radius 2 is 1.76 bits per heavy atom. The molecule has 7 heteroatoms. The number of carbonyl (C=O) groups is 1. The summed E-state index contributed by atoms with van der Waals surface area (Å²) < 4.78 is 43.9. The molecule has 0 aliphatic rings. The number of nitrogens with two attached hydrogens (primary N) is 1. The molecule has 0 bridgehead atoms. The summed E-state index contributed by atoms with van der Waals surface area (Å²) in [7, 11) is 0. The van der Waals surface area contributed by atoms with E-state index in [0.717, 1.165) is 6.07 Å². The zero-order valence-electron chi connectivity index (χ0n) is 8.21. The molecule has 2 aromatic rings. The van der Waals surface area contributed by atoms with Gasteiger partial charge in [0.1, 0.15) is 17.5 Å². The molecule has 0 spiro atoms. The van der Waals surface area contributed by atoms with Gasteiger partial charge in [0.05, 0.1) is 5.56 Å². The van der Waals surface area contributed by atoms with E-state index in [0.29, 0.717) is 12.1 Å². The van der Waals surface area contributed by atoms with Crippen molar-refractivity contribution in [3.05, 3.63) is 41.3 Å². The van der Waals surface area contributed by atoms with Gasteiger partial charge in [-0.1, -0.05) is 5.16 Å². The van der Waals surface area contributed by atoms with Gasteiger partial charge in [-0.3, -0.25) is 4.79 Å². The van der Waals surface area contributed by atoms with Crippen LogP contribution in [0.4, 0.5) is 13.2 Å². The van der Waals surface area contributed by atoms with Crippen molar-refractivity contribution >= 4 is 5.91 Å². The Labute approximate surface area is 92.8 Å². The molecule has 1 heterocycles. The van der Waals surface area contributed by atoms with E-state index in [1.165, 1.54) is 0 Å². The smallest absolute Gasteiger partial charge is 0.270 e. The van der Waals surface area contributed by atoms with E-state index >= 15 is 0 Å². The standard InChI is InChI=1S/C10H5F3N2O2/c11-4-1-5(12)9(6(13)2-4)8-3-7(10(14)16)15-17-8/h1-3H,(H2,14,16). The van der Waals surface area contributed by atoms with Crippen LogP contribution in [0, 0.1) is 17.5 Å². The average molecular weight is 242 g/mol. The lowest BCUT2D eigenvalue weighted by molar-refractivity contribution is 0.0992. The quantitative estimate of drug-likeness (QED) is 0.873. The summed E-state index contributed by atoms with van der Waals surface area (Å²) in [6, 6.07) is 1.96. The van der Waals surface area contributed by atoms with Crippen molar-refractivity contribution < 1.29 is 22.5 Å². The van der Waals surface area contributed by atoms with Crippen molar-refractivity contribution in [3.8, 4) is 11.3 Å². The third-order valence-electron chi connectivity index (χ3n) is 2.02. The van der Waals surface area contributed by atoms with E-state index in [1.54, 1.807) is 0 Å². The molecule has 0 radical (unpaired) electrons. The van der Waals surface area contributed by atoms with Crippen LogP contribution in [0.25, 0.3) is 11.3 Å². The lowest BCUT2D eigenvalue weighted by Crippen LogP contribution is -2.10. The fourth-order valence-electron chi connectivity index (χ4n) is 1.29. The molecule has 17 heavy (non-hydrogen) atoms. The maximum absolute atomic E-state index is 13.3. The third kappa shape index (κ3) is 1.99. The number of aromatic nitrogens is 1. The molecule has 0 aliphatic heterocycles. The summed E-state index contributed by atoms with van der Waals surface area (Å²) in [4.78, 5) is 10.7. The highest BCUT2D eigenvalue weighted by atomic mass is 19.1. The number of rotatable bonds is 2. The first-order valence-corrected chi connectivity index (χ1v) is 4.40. The maximum atomic E-state index is 13.3. The Balaban J connectivity index is 2.56. The Morgan fingerprint density at radius 1 is 1.18 bits per heavy atom. The lowest BCUT2D eigenvalue weighted by Gasteiger charge is -2.00. The molecule has 0 atom stereocenters. The highest BCUT2D eigenvalue weighted by Gasteiger charge is 2.19. The third-order valence-corrected chi connectivity index (χ3v) is 2.02. The number of benzene rings is 1. The number of halogens is 3. The second-order valence-electron chi connectivity index (χ2n) is 3.19. The molecule has 88 valence electrons. The van der Waals surface area contributed by atoms with Gasteiger partial charge in [-0.15, -0.1) is 0 Å². The van der Waals surface area contributed by atoms with Gasteiger partial charge in [-0.05, 0) is 0 Å². The molecule has 2 N–H and O–H groups in total. The van der Waals surface area contributed by atoms with E-state index in [2.05, 4.69) is 9.68 Å².